The molecular formula is C17H14N4O4. The van der Waals surface area contributed by atoms with E-state index in [1.807, 2.05) is 0 Å². The lowest BCUT2D eigenvalue weighted by Crippen LogP contribution is -2.34. The lowest BCUT2D eigenvalue weighted by Gasteiger charge is -2.14. The maximum atomic E-state index is 12.5. The van der Waals surface area contributed by atoms with Gasteiger partial charge in [-0.15, -0.1) is 5.10 Å². The molecule has 0 saturated carbocycles. The molecule has 8 nitrogen and oxygen atoms in total. The fraction of sp³-hybridized carbons (Fsp3) is 0.176. The van der Waals surface area contributed by atoms with Gasteiger partial charge in [-0.2, -0.15) is 4.68 Å². The van der Waals surface area contributed by atoms with Crippen LogP contribution >= 0.6 is 0 Å². The van der Waals surface area contributed by atoms with Crippen molar-refractivity contribution in [3.63, 3.8) is 0 Å². The molecule has 0 fully saturated rings. The van der Waals surface area contributed by atoms with Crippen molar-refractivity contribution in [1.82, 2.24) is 15.0 Å². The van der Waals surface area contributed by atoms with Crippen LogP contribution in [-0.2, 0) is 4.79 Å². The van der Waals surface area contributed by atoms with Crippen LogP contribution in [0.2, 0.25) is 0 Å². The number of nitrogens with zero attached hydrogens (tertiary/aromatic N) is 3. The first kappa shape index (κ1) is 15.1. The molecule has 1 aliphatic heterocycles. The molecule has 0 saturated heterocycles. The molecule has 3 aromatic rings. The van der Waals surface area contributed by atoms with Crippen LogP contribution in [0.4, 0.5) is 5.69 Å². The molecule has 25 heavy (non-hydrogen) atoms. The lowest BCUT2D eigenvalue weighted by atomic mass is 10.2. The second-order valence-electron chi connectivity index (χ2n) is 5.59. The van der Waals surface area contributed by atoms with E-state index >= 15 is 0 Å². The number of rotatable bonds is 3. The fourth-order valence-corrected chi connectivity index (χ4v) is 2.59. The second-order valence-corrected chi connectivity index (χ2v) is 5.59. The highest BCUT2D eigenvalue weighted by Gasteiger charge is 2.20. The molecule has 8 heteroatoms. The Labute approximate surface area is 142 Å². The van der Waals surface area contributed by atoms with Crippen molar-refractivity contribution in [2.45, 2.75) is 13.0 Å². The van der Waals surface area contributed by atoms with Gasteiger partial charge in [-0.3, -0.25) is 9.59 Å². The molecule has 126 valence electrons. The van der Waals surface area contributed by atoms with Gasteiger partial charge < -0.3 is 14.8 Å². The zero-order chi connectivity index (χ0) is 17.4. The van der Waals surface area contributed by atoms with Crippen LogP contribution in [0.1, 0.15) is 13.0 Å². The van der Waals surface area contributed by atoms with E-state index in [9.17, 15) is 9.59 Å². The summed E-state index contributed by atoms with van der Waals surface area (Å²) in [4.78, 5) is 25.0. The predicted molar refractivity (Wildman–Crippen MR) is 89.7 cm³/mol. The normalized spacial score (nSPS) is 13.6. The van der Waals surface area contributed by atoms with Crippen molar-refractivity contribution in [2.24, 2.45) is 0 Å². The molecule has 2 heterocycles. The van der Waals surface area contributed by atoms with Gasteiger partial charge in [0, 0.05) is 11.8 Å². The third-order valence-electron chi connectivity index (χ3n) is 3.98. The molecule has 1 N–H and O–H groups in total. The van der Waals surface area contributed by atoms with Crippen LogP contribution in [0.15, 0.2) is 47.3 Å². The molecule has 1 aromatic heterocycles. The maximum absolute atomic E-state index is 12.5. The summed E-state index contributed by atoms with van der Waals surface area (Å²) in [5, 5.41) is 11.0. The smallest absolute Gasteiger partial charge is 0.278 e. The third kappa shape index (κ3) is 2.67. The monoisotopic (exact) mass is 338 g/mol. The van der Waals surface area contributed by atoms with Gasteiger partial charge in [0.2, 0.25) is 12.7 Å². The zero-order valence-corrected chi connectivity index (χ0v) is 13.3. The summed E-state index contributed by atoms with van der Waals surface area (Å²) in [6.45, 7) is 1.75. The molecule has 1 amide bonds. The summed E-state index contributed by atoms with van der Waals surface area (Å²) in [7, 11) is 0. The summed E-state index contributed by atoms with van der Waals surface area (Å²) in [6, 6.07) is 11.1. The van der Waals surface area contributed by atoms with Crippen LogP contribution in [0, 0.1) is 0 Å². The summed E-state index contributed by atoms with van der Waals surface area (Å²) in [5.41, 5.74) is 0.675. The number of aromatic nitrogens is 3. The van der Waals surface area contributed by atoms with Gasteiger partial charge in [-0.1, -0.05) is 17.3 Å². The number of benzene rings is 2. The first-order chi connectivity index (χ1) is 12.1. The number of hydrogen-bond acceptors (Lipinski definition) is 6. The van der Waals surface area contributed by atoms with Gasteiger partial charge in [-0.25, -0.2) is 0 Å². The number of ether oxygens (including phenoxy) is 2. The van der Waals surface area contributed by atoms with Gasteiger partial charge in [0.25, 0.3) is 5.56 Å². The Balaban J connectivity index is 1.60. The third-order valence-corrected chi connectivity index (χ3v) is 3.98. The van der Waals surface area contributed by atoms with E-state index in [0.717, 1.165) is 4.68 Å². The molecule has 0 spiro atoms. The number of nitrogens with one attached hydrogen (secondary N) is 1. The van der Waals surface area contributed by atoms with E-state index in [1.165, 1.54) is 0 Å². The van der Waals surface area contributed by atoms with Crippen molar-refractivity contribution in [3.8, 4) is 11.5 Å². The Kier molecular flexibility index (Phi) is 3.57. The number of anilines is 1. The molecule has 1 aliphatic rings. The van der Waals surface area contributed by atoms with E-state index in [-0.39, 0.29) is 18.3 Å². The van der Waals surface area contributed by atoms with Crippen LogP contribution in [-0.4, -0.2) is 27.7 Å². The van der Waals surface area contributed by atoms with Gasteiger partial charge >= 0.3 is 0 Å². The molecule has 0 aliphatic carbocycles. The summed E-state index contributed by atoms with van der Waals surface area (Å²) in [6.07, 6.45) is 0. The van der Waals surface area contributed by atoms with Crippen molar-refractivity contribution >= 4 is 22.5 Å². The molecule has 0 bridgehead atoms. The quantitative estimate of drug-likeness (QED) is 0.781. The summed E-state index contributed by atoms with van der Waals surface area (Å²) >= 11 is 0. The minimum atomic E-state index is -0.824. The van der Waals surface area contributed by atoms with Crippen LogP contribution in [0.5, 0.6) is 11.5 Å². The van der Waals surface area contributed by atoms with Crippen molar-refractivity contribution in [1.29, 1.82) is 0 Å². The van der Waals surface area contributed by atoms with Gasteiger partial charge in [-0.05, 0) is 31.2 Å². The van der Waals surface area contributed by atoms with E-state index in [1.54, 1.807) is 49.4 Å². The standard InChI is InChI=1S/C17H14N4O4/c1-10(21-17(23)12-4-2-3-5-13(12)19-20-21)16(22)18-11-6-7-14-15(8-11)25-9-24-14/h2-8,10H,9H2,1H3,(H,18,22). The SMILES string of the molecule is CC(C(=O)Nc1ccc2c(c1)OCO2)n1nnc2ccccc2c1=O. The second kappa shape index (κ2) is 5.90. The Morgan fingerprint density at radius 2 is 2.00 bits per heavy atom. The Hall–Kier alpha value is -3.42. The predicted octanol–water partition coefficient (Wildman–Crippen LogP) is 1.72. The van der Waals surface area contributed by atoms with Crippen molar-refractivity contribution < 1.29 is 14.3 Å². The fourth-order valence-electron chi connectivity index (χ4n) is 2.59. The Morgan fingerprint density at radius 3 is 2.88 bits per heavy atom. The topological polar surface area (TPSA) is 95.3 Å². The first-order valence-electron chi connectivity index (χ1n) is 7.68. The van der Waals surface area contributed by atoms with Crippen LogP contribution in [0.3, 0.4) is 0 Å². The highest BCUT2D eigenvalue weighted by Crippen LogP contribution is 2.34. The molecule has 1 unspecified atom stereocenters. The Morgan fingerprint density at radius 1 is 1.20 bits per heavy atom. The summed E-state index contributed by atoms with van der Waals surface area (Å²) in [5.74, 6) is 0.807. The lowest BCUT2D eigenvalue weighted by molar-refractivity contribution is -0.119. The highest BCUT2D eigenvalue weighted by atomic mass is 16.7. The maximum Gasteiger partial charge on any atom is 0.278 e. The number of carbonyl (C=O) groups excluding carboxylic acids is 1. The van der Waals surface area contributed by atoms with E-state index in [0.29, 0.717) is 28.1 Å². The van der Waals surface area contributed by atoms with Crippen LogP contribution < -0.4 is 20.3 Å². The Bertz CT molecular complexity index is 1030. The molecule has 0 radical (unpaired) electrons. The molecule has 1 atom stereocenters. The van der Waals surface area contributed by atoms with Crippen molar-refractivity contribution in [3.05, 3.63) is 52.8 Å². The van der Waals surface area contributed by atoms with Crippen LogP contribution in [0.25, 0.3) is 10.9 Å². The van der Waals surface area contributed by atoms with Gasteiger partial charge in [0.1, 0.15) is 11.6 Å². The highest BCUT2D eigenvalue weighted by molar-refractivity contribution is 5.93. The van der Waals surface area contributed by atoms with E-state index in [4.69, 9.17) is 9.47 Å². The van der Waals surface area contributed by atoms with E-state index in [2.05, 4.69) is 15.6 Å². The molecule has 4 rings (SSSR count). The molecular weight excluding hydrogens is 324 g/mol. The average Bonchev–Trinajstić information content (AvgIpc) is 3.09. The number of hydrogen-bond donors (Lipinski definition) is 1. The minimum absolute atomic E-state index is 0.158. The largest absolute Gasteiger partial charge is 0.454 e. The van der Waals surface area contributed by atoms with Gasteiger partial charge in [0.15, 0.2) is 11.5 Å². The van der Waals surface area contributed by atoms with Gasteiger partial charge in [0.05, 0.1) is 5.39 Å². The van der Waals surface area contributed by atoms with Crippen molar-refractivity contribution in [2.75, 3.05) is 12.1 Å². The van der Waals surface area contributed by atoms with E-state index < -0.39 is 6.04 Å². The summed E-state index contributed by atoms with van der Waals surface area (Å²) < 4.78 is 11.6. The number of fused-ring (bicyclic) bond motifs is 2. The number of carbonyl (C=O) groups is 1. The molecule has 2 aromatic carbocycles. The first-order valence-corrected chi connectivity index (χ1v) is 7.68. The minimum Gasteiger partial charge on any atom is -0.454 e. The zero-order valence-electron chi connectivity index (χ0n) is 13.3. The average molecular weight is 338 g/mol. The number of amides is 1.